The van der Waals surface area contributed by atoms with Crippen molar-refractivity contribution in [1.29, 1.82) is 0 Å². The number of hydrogen-bond donors (Lipinski definition) is 2. The molecule has 0 aromatic rings. The Hall–Kier alpha value is -0.350. The van der Waals surface area contributed by atoms with Crippen LogP contribution in [0.5, 0.6) is 0 Å². The van der Waals surface area contributed by atoms with Gasteiger partial charge in [0.1, 0.15) is 0 Å². The summed E-state index contributed by atoms with van der Waals surface area (Å²) in [6.07, 6.45) is 0.775. The topological polar surface area (TPSA) is 55.1 Å². The van der Waals surface area contributed by atoms with Gasteiger partial charge in [-0.15, -0.1) is 0 Å². The average molecular weight is 235 g/mol. The van der Waals surface area contributed by atoms with Gasteiger partial charge < -0.3 is 11.1 Å². The predicted octanol–water partition coefficient (Wildman–Crippen LogP) is 0.996. The molecule has 0 saturated carbocycles. The van der Waals surface area contributed by atoms with Gasteiger partial charge in [0.25, 0.3) is 0 Å². The minimum absolute atomic E-state index is 0.000556. The van der Waals surface area contributed by atoms with Crippen LogP contribution in [-0.4, -0.2) is 19.0 Å². The molecule has 70 valence electrons. The largest absolute Gasteiger partial charge is 0.351 e. The number of hydrogen-bond acceptors (Lipinski definition) is 2. The summed E-state index contributed by atoms with van der Waals surface area (Å²) in [6, 6.07) is 0. The number of carbonyl (C=O) groups is 1. The molecule has 0 aromatic heterocycles. The van der Waals surface area contributed by atoms with Gasteiger partial charge in [-0.25, -0.2) is 0 Å². The lowest BCUT2D eigenvalue weighted by molar-refractivity contribution is -0.124. The van der Waals surface area contributed by atoms with Crippen LogP contribution in [0.4, 0.5) is 0 Å². The predicted molar refractivity (Wildman–Crippen MR) is 53.9 cm³/mol. The third-order valence-electron chi connectivity index (χ3n) is 1.60. The minimum atomic E-state index is -0.0724. The van der Waals surface area contributed by atoms with E-state index < -0.39 is 0 Å². The lowest BCUT2D eigenvalue weighted by Crippen LogP contribution is -2.35. The van der Waals surface area contributed by atoms with Gasteiger partial charge in [0.05, 0.1) is 0 Å². The molecule has 0 radical (unpaired) electrons. The maximum Gasteiger partial charge on any atom is 0.224 e. The zero-order chi connectivity index (χ0) is 9.56. The monoisotopic (exact) mass is 234 g/mol. The lowest BCUT2D eigenvalue weighted by Gasteiger charge is -2.11. The van der Waals surface area contributed by atoms with E-state index in [1.165, 1.54) is 0 Å². The van der Waals surface area contributed by atoms with E-state index in [0.717, 1.165) is 10.9 Å². The molecule has 4 heteroatoms. The average Bonchev–Trinajstić information content (AvgIpc) is 2.03. The molecule has 0 rings (SSSR count). The third-order valence-corrected chi connectivity index (χ3v) is 1.88. The normalized spacial score (nSPS) is 12.2. The van der Waals surface area contributed by atoms with Gasteiger partial charge in [-0.3, -0.25) is 4.79 Å². The van der Waals surface area contributed by atoms with Gasteiger partial charge in [0, 0.05) is 23.5 Å². The fourth-order valence-corrected chi connectivity index (χ4v) is 0.927. The summed E-state index contributed by atoms with van der Waals surface area (Å²) in [7, 11) is 0. The van der Waals surface area contributed by atoms with E-state index in [-0.39, 0.29) is 11.8 Å². The summed E-state index contributed by atoms with van der Waals surface area (Å²) in [5, 5.41) is 2.72. The first-order valence-electron chi connectivity index (χ1n) is 3.92. The first-order chi connectivity index (χ1) is 5.61. The van der Waals surface area contributed by atoms with Crippen LogP contribution in [0.1, 0.15) is 13.3 Å². The smallest absolute Gasteiger partial charge is 0.224 e. The molecule has 0 aromatic carbocycles. The standard InChI is InChI=1S/C8H15BrN2O/c1-3-7(4-10)8(12)11-5-6(2)9/h7H,2-5,10H2,1H3,(H,11,12). The quantitative estimate of drug-likeness (QED) is 0.746. The Morgan fingerprint density at radius 2 is 2.33 bits per heavy atom. The maximum absolute atomic E-state index is 11.3. The van der Waals surface area contributed by atoms with Crippen molar-refractivity contribution in [2.75, 3.05) is 13.1 Å². The van der Waals surface area contributed by atoms with Crippen molar-refractivity contribution in [2.45, 2.75) is 13.3 Å². The van der Waals surface area contributed by atoms with Crippen LogP contribution in [-0.2, 0) is 4.79 Å². The Bertz CT molecular complexity index is 166. The molecule has 0 aliphatic rings. The highest BCUT2D eigenvalue weighted by Crippen LogP contribution is 2.01. The fraction of sp³-hybridized carbons (Fsp3) is 0.625. The number of nitrogens with two attached hydrogens (primary N) is 1. The highest BCUT2D eigenvalue weighted by Gasteiger charge is 2.13. The second-order valence-electron chi connectivity index (χ2n) is 2.58. The Morgan fingerprint density at radius 3 is 2.67 bits per heavy atom. The molecule has 1 amide bonds. The molecule has 0 spiro atoms. The first kappa shape index (κ1) is 11.6. The molecule has 0 fully saturated rings. The van der Waals surface area contributed by atoms with Crippen molar-refractivity contribution >= 4 is 21.8 Å². The van der Waals surface area contributed by atoms with Crippen molar-refractivity contribution < 1.29 is 4.79 Å². The van der Waals surface area contributed by atoms with Crippen LogP contribution in [0.3, 0.4) is 0 Å². The second-order valence-corrected chi connectivity index (χ2v) is 3.70. The van der Waals surface area contributed by atoms with Gasteiger partial charge in [-0.1, -0.05) is 29.4 Å². The molecule has 0 aliphatic carbocycles. The molecule has 1 unspecified atom stereocenters. The van der Waals surface area contributed by atoms with Crippen LogP contribution in [0.2, 0.25) is 0 Å². The molecule has 0 bridgehead atoms. The molecule has 0 saturated heterocycles. The van der Waals surface area contributed by atoms with Crippen molar-refractivity contribution in [3.8, 4) is 0 Å². The summed E-state index contributed by atoms with van der Waals surface area (Å²) in [6.45, 7) is 6.42. The van der Waals surface area contributed by atoms with Gasteiger partial charge in [-0.2, -0.15) is 0 Å². The van der Waals surface area contributed by atoms with Gasteiger partial charge >= 0.3 is 0 Å². The second kappa shape index (κ2) is 6.20. The van der Waals surface area contributed by atoms with E-state index in [1.807, 2.05) is 6.92 Å². The first-order valence-corrected chi connectivity index (χ1v) is 4.72. The molecule has 3 nitrogen and oxygen atoms in total. The van der Waals surface area contributed by atoms with E-state index >= 15 is 0 Å². The fourth-order valence-electron chi connectivity index (χ4n) is 0.786. The number of halogens is 1. The van der Waals surface area contributed by atoms with Crippen molar-refractivity contribution in [1.82, 2.24) is 5.32 Å². The molecule has 0 aliphatic heterocycles. The van der Waals surface area contributed by atoms with Crippen molar-refractivity contribution in [3.05, 3.63) is 11.1 Å². The van der Waals surface area contributed by atoms with E-state index in [0.29, 0.717) is 13.1 Å². The molecule has 12 heavy (non-hydrogen) atoms. The third kappa shape index (κ3) is 4.51. The highest BCUT2D eigenvalue weighted by molar-refractivity contribution is 9.11. The Balaban J connectivity index is 3.77. The molecule has 0 heterocycles. The summed E-state index contributed by atoms with van der Waals surface area (Å²) in [5.41, 5.74) is 5.40. The van der Waals surface area contributed by atoms with Gasteiger partial charge in [0.2, 0.25) is 5.91 Å². The number of rotatable bonds is 5. The zero-order valence-electron chi connectivity index (χ0n) is 7.27. The van der Waals surface area contributed by atoms with Gasteiger partial charge in [-0.05, 0) is 6.42 Å². The summed E-state index contributed by atoms with van der Waals surface area (Å²) in [5.74, 6) is -0.0718. The van der Waals surface area contributed by atoms with Crippen LogP contribution in [0.25, 0.3) is 0 Å². The number of nitrogens with one attached hydrogen (secondary N) is 1. The maximum atomic E-state index is 11.3. The van der Waals surface area contributed by atoms with Crippen molar-refractivity contribution in [2.24, 2.45) is 11.7 Å². The van der Waals surface area contributed by atoms with Crippen LogP contribution in [0, 0.1) is 5.92 Å². The summed E-state index contributed by atoms with van der Waals surface area (Å²) in [4.78, 5) is 11.3. The minimum Gasteiger partial charge on any atom is -0.351 e. The number of carbonyl (C=O) groups excluding carboxylic acids is 1. The molecular weight excluding hydrogens is 220 g/mol. The SMILES string of the molecule is C=C(Br)CNC(=O)C(CC)CN. The highest BCUT2D eigenvalue weighted by atomic mass is 79.9. The Morgan fingerprint density at radius 1 is 1.75 bits per heavy atom. The van der Waals surface area contributed by atoms with E-state index in [2.05, 4.69) is 27.8 Å². The van der Waals surface area contributed by atoms with E-state index in [1.54, 1.807) is 0 Å². The Kier molecular flexibility index (Phi) is 6.02. The number of amides is 1. The van der Waals surface area contributed by atoms with Crippen LogP contribution >= 0.6 is 15.9 Å². The molecule has 3 N–H and O–H groups in total. The van der Waals surface area contributed by atoms with Crippen LogP contribution in [0.15, 0.2) is 11.1 Å². The van der Waals surface area contributed by atoms with E-state index in [4.69, 9.17) is 5.73 Å². The summed E-state index contributed by atoms with van der Waals surface area (Å²) < 4.78 is 0.766. The summed E-state index contributed by atoms with van der Waals surface area (Å²) >= 11 is 3.16. The molecule has 1 atom stereocenters. The zero-order valence-corrected chi connectivity index (χ0v) is 8.86. The lowest BCUT2D eigenvalue weighted by atomic mass is 10.1. The Labute approximate surface area is 81.5 Å². The molecular formula is C8H15BrN2O. The van der Waals surface area contributed by atoms with Crippen LogP contribution < -0.4 is 11.1 Å². The van der Waals surface area contributed by atoms with E-state index in [9.17, 15) is 4.79 Å². The van der Waals surface area contributed by atoms with Crippen molar-refractivity contribution in [3.63, 3.8) is 0 Å². The van der Waals surface area contributed by atoms with Gasteiger partial charge in [0.15, 0.2) is 0 Å².